The van der Waals surface area contributed by atoms with Crippen molar-refractivity contribution in [3.8, 4) is 33.6 Å². The first-order chi connectivity index (χ1) is 33.2. The number of rotatable bonds is 4. The fraction of sp³-hybridized carbons (Fsp3) is 0. The highest BCUT2D eigenvalue weighted by molar-refractivity contribution is 6.15. The molecule has 0 spiro atoms. The predicted octanol–water partition coefficient (Wildman–Crippen LogP) is 13.1. The SMILES string of the molecule is [2H]c1c([2H])c([2H])c(-n2c3c([2H])c([2H])c([2H])c([2H])c3c3c([2H])c(-c4c([2H])c([2H])c5c6c([2H])c([2H])c([2H])c([2H])c6n(-c6cc(-c7ccccc7)cc7c6oc6ccccc67)c5c4[2H])c([2H])c([2H])c32)c([2H])c1[2H]. The van der Waals surface area contributed by atoms with Crippen molar-refractivity contribution in [2.45, 2.75) is 0 Å². The molecular formula is C48H30N2O. The molecule has 3 heterocycles. The van der Waals surface area contributed by atoms with Gasteiger partial charge < -0.3 is 13.6 Å². The summed E-state index contributed by atoms with van der Waals surface area (Å²) in [6.45, 7) is 0. The largest absolute Gasteiger partial charge is 0.454 e. The van der Waals surface area contributed by atoms with E-state index in [2.05, 4.69) is 0 Å². The summed E-state index contributed by atoms with van der Waals surface area (Å²) < 4.78 is 181. The molecule has 8 aromatic carbocycles. The lowest BCUT2D eigenvalue weighted by Crippen LogP contribution is -1.96. The highest BCUT2D eigenvalue weighted by Crippen LogP contribution is 2.42. The zero-order chi connectivity index (χ0) is 50.0. The molecule has 3 heteroatoms. The van der Waals surface area contributed by atoms with Gasteiger partial charge in [0.25, 0.3) is 0 Å². The van der Waals surface area contributed by atoms with Gasteiger partial charge >= 0.3 is 0 Å². The van der Waals surface area contributed by atoms with Crippen molar-refractivity contribution in [3.63, 3.8) is 0 Å². The summed E-state index contributed by atoms with van der Waals surface area (Å²) in [7, 11) is 0. The van der Waals surface area contributed by atoms with E-state index in [1.165, 1.54) is 4.57 Å². The molecule has 0 fully saturated rings. The molecular weight excluding hydrogens is 621 g/mol. The van der Waals surface area contributed by atoms with Crippen LogP contribution in [0, 0.1) is 0 Å². The van der Waals surface area contributed by atoms with Crippen LogP contribution >= 0.6 is 0 Å². The predicted molar refractivity (Wildman–Crippen MR) is 213 cm³/mol. The van der Waals surface area contributed by atoms with Gasteiger partial charge in [0.2, 0.25) is 0 Å². The Morgan fingerprint density at radius 1 is 0.412 bits per heavy atom. The second-order valence-corrected chi connectivity index (χ2v) is 11.9. The van der Waals surface area contributed by atoms with E-state index in [9.17, 15) is 11.0 Å². The first-order valence-corrected chi connectivity index (χ1v) is 15.9. The first kappa shape index (κ1) is 15.4. The van der Waals surface area contributed by atoms with E-state index in [4.69, 9.17) is 19.5 Å². The third-order valence-corrected chi connectivity index (χ3v) is 9.08. The summed E-state index contributed by atoms with van der Waals surface area (Å²) in [6.07, 6.45) is 0. The van der Waals surface area contributed by atoms with Gasteiger partial charge in [0.1, 0.15) is 5.58 Å². The maximum Gasteiger partial charge on any atom is 0.159 e. The summed E-state index contributed by atoms with van der Waals surface area (Å²) in [5.41, 5.74) is -1.02. The minimum absolute atomic E-state index is 0.167. The van der Waals surface area contributed by atoms with E-state index >= 15 is 0 Å². The number of furan rings is 1. The molecule has 3 nitrogen and oxygen atoms in total. The third-order valence-electron chi connectivity index (χ3n) is 9.08. The van der Waals surface area contributed by atoms with Crippen LogP contribution in [0.25, 0.3) is 99.2 Å². The van der Waals surface area contributed by atoms with Crippen molar-refractivity contribution >= 4 is 65.6 Å². The number of nitrogens with zero attached hydrogens (tertiary/aromatic N) is 2. The topological polar surface area (TPSA) is 23.0 Å². The molecule has 0 unspecified atom stereocenters. The molecule has 0 saturated heterocycles. The molecule has 0 N–H and O–H groups in total. The molecule has 11 aromatic rings. The number of hydrogen-bond donors (Lipinski definition) is 0. The van der Waals surface area contributed by atoms with Gasteiger partial charge in [-0.05, 0) is 82.7 Å². The Morgan fingerprint density at radius 3 is 1.90 bits per heavy atom. The Kier molecular flexibility index (Phi) is 3.26. The molecule has 238 valence electrons. The number of fused-ring (bicyclic) bond motifs is 9. The van der Waals surface area contributed by atoms with Gasteiger partial charge in [-0.15, -0.1) is 0 Å². The molecule has 0 atom stereocenters. The summed E-state index contributed by atoms with van der Waals surface area (Å²) in [5.74, 6) is 0. The summed E-state index contributed by atoms with van der Waals surface area (Å²) >= 11 is 0. The summed E-state index contributed by atoms with van der Waals surface area (Å²) in [5, 5.41) is -0.0532. The molecule has 0 aliphatic heterocycles. The molecule has 0 amide bonds. The zero-order valence-electron chi connectivity index (χ0n) is 45.2. The highest BCUT2D eigenvalue weighted by Gasteiger charge is 2.20. The number of hydrogen-bond acceptors (Lipinski definition) is 1. The van der Waals surface area contributed by atoms with Gasteiger partial charge in [0, 0.05) is 38.0 Å². The monoisotopic (exact) mass is 669 g/mol. The summed E-state index contributed by atoms with van der Waals surface area (Å²) in [4.78, 5) is 0. The summed E-state index contributed by atoms with van der Waals surface area (Å²) in [6, 6.07) is 5.91. The Bertz CT molecular complexity index is 4200. The van der Waals surface area contributed by atoms with Crippen LogP contribution in [0.5, 0.6) is 0 Å². The molecule has 0 saturated carbocycles. The van der Waals surface area contributed by atoms with E-state index in [0.29, 0.717) is 21.9 Å². The third kappa shape index (κ3) is 4.19. The Hall–Kier alpha value is -6.84. The van der Waals surface area contributed by atoms with Gasteiger partial charge in [-0.1, -0.05) is 121 Å². The Balaban J connectivity index is 1.36. The van der Waals surface area contributed by atoms with Gasteiger partial charge in [-0.3, -0.25) is 0 Å². The molecule has 0 aliphatic carbocycles. The number of benzene rings is 8. The van der Waals surface area contributed by atoms with Crippen LogP contribution in [-0.4, -0.2) is 9.13 Å². The van der Waals surface area contributed by atoms with Gasteiger partial charge in [0.05, 0.1) is 53.8 Å². The zero-order valence-corrected chi connectivity index (χ0v) is 26.2. The molecule has 3 aromatic heterocycles. The number of aromatic nitrogens is 2. The van der Waals surface area contributed by atoms with E-state index in [1.54, 1.807) is 18.2 Å². The van der Waals surface area contributed by atoms with E-state index in [0.717, 1.165) is 10.1 Å². The lowest BCUT2D eigenvalue weighted by Gasteiger charge is -2.12. The molecule has 0 aliphatic rings. The van der Waals surface area contributed by atoms with E-state index < -0.39 is 153 Å². The second kappa shape index (κ2) is 10.8. The standard InChI is InChI=1S/C48H30N2O/c1-3-13-31(14-4-1)34-28-41-39-19-9-12-22-47(39)51-48(41)46(30-34)50-43-21-11-7-17-36(43)38-25-23-33(29-45(38)50)32-24-26-44-40(27-32)37-18-8-10-20-42(37)49(44)35-15-5-2-6-16-35/h1-30H/i2D,5D,6D,7D,8D,10D,11D,15D,16D,17D,18D,20D,21D,23D,24D,25D,26D,27D,29D. The lowest BCUT2D eigenvalue weighted by atomic mass is 10.0. The second-order valence-electron chi connectivity index (χ2n) is 11.9. The minimum atomic E-state index is -0.859. The van der Waals surface area contributed by atoms with Gasteiger partial charge in [-0.2, -0.15) is 0 Å². The normalized spacial score (nSPS) is 17.1. The Labute approximate surface area is 320 Å². The van der Waals surface area contributed by atoms with Crippen molar-refractivity contribution in [1.82, 2.24) is 9.13 Å². The fourth-order valence-corrected chi connectivity index (χ4v) is 6.87. The van der Waals surface area contributed by atoms with E-state index in [1.807, 2.05) is 48.5 Å². The maximum atomic E-state index is 10.1. The molecule has 11 rings (SSSR count). The van der Waals surface area contributed by atoms with Gasteiger partial charge in [-0.25, -0.2) is 0 Å². The maximum absolute atomic E-state index is 10.1. The van der Waals surface area contributed by atoms with Crippen LogP contribution in [0.3, 0.4) is 0 Å². The molecule has 0 radical (unpaired) electrons. The van der Waals surface area contributed by atoms with Gasteiger partial charge in [0.15, 0.2) is 5.58 Å². The van der Waals surface area contributed by atoms with Crippen molar-refractivity contribution in [1.29, 1.82) is 0 Å². The van der Waals surface area contributed by atoms with Crippen LogP contribution in [0.15, 0.2) is 186 Å². The lowest BCUT2D eigenvalue weighted by molar-refractivity contribution is 0.666. The van der Waals surface area contributed by atoms with Crippen molar-refractivity contribution < 1.29 is 30.5 Å². The number of para-hydroxylation sites is 4. The smallest absolute Gasteiger partial charge is 0.159 e. The first-order valence-electron chi connectivity index (χ1n) is 25.4. The van der Waals surface area contributed by atoms with Crippen molar-refractivity contribution in [2.75, 3.05) is 0 Å². The van der Waals surface area contributed by atoms with Crippen LogP contribution in [0.1, 0.15) is 26.0 Å². The van der Waals surface area contributed by atoms with Crippen LogP contribution < -0.4 is 0 Å². The van der Waals surface area contributed by atoms with E-state index in [-0.39, 0.29) is 33.1 Å². The molecule has 51 heavy (non-hydrogen) atoms. The van der Waals surface area contributed by atoms with Crippen molar-refractivity contribution in [2.24, 2.45) is 0 Å². The quantitative estimate of drug-likeness (QED) is 0.183. The highest BCUT2D eigenvalue weighted by atomic mass is 16.3. The van der Waals surface area contributed by atoms with Crippen molar-refractivity contribution in [3.05, 3.63) is 182 Å². The Morgan fingerprint density at radius 2 is 1.06 bits per heavy atom. The average molecular weight is 670 g/mol. The van der Waals surface area contributed by atoms with Crippen LogP contribution in [0.2, 0.25) is 0 Å². The average Bonchev–Trinajstić information content (AvgIpc) is 4.04. The minimum Gasteiger partial charge on any atom is -0.454 e. The van der Waals surface area contributed by atoms with Crippen LogP contribution in [-0.2, 0) is 0 Å². The fourth-order valence-electron chi connectivity index (χ4n) is 6.87. The molecule has 0 bridgehead atoms. The van der Waals surface area contributed by atoms with Crippen LogP contribution in [0.4, 0.5) is 0 Å².